The van der Waals surface area contributed by atoms with E-state index in [0.717, 1.165) is 67.0 Å². The maximum absolute atomic E-state index is 12.8. The molecule has 1 aliphatic carbocycles. The predicted octanol–water partition coefficient (Wildman–Crippen LogP) is 8.12. The van der Waals surface area contributed by atoms with Crippen LogP contribution >= 0.6 is 0 Å². The number of carbonyl (C=O) groups excluding carboxylic acids is 2. The summed E-state index contributed by atoms with van der Waals surface area (Å²) in [6, 6.07) is 5.96. The highest BCUT2D eigenvalue weighted by atomic mass is 16.2. The van der Waals surface area contributed by atoms with Crippen LogP contribution < -0.4 is 10.6 Å². The van der Waals surface area contributed by atoms with Gasteiger partial charge in [-0.15, -0.1) is 0 Å². The Bertz CT molecular complexity index is 1090. The summed E-state index contributed by atoms with van der Waals surface area (Å²) in [5, 5.41) is 6.25. The average Bonchev–Trinajstić information content (AvgIpc) is 3.31. The molecule has 3 rings (SSSR count). The molecule has 1 aliphatic rings. The summed E-state index contributed by atoms with van der Waals surface area (Å²) in [5.74, 6) is 2.37. The average molecular weight is 537 g/mol. The van der Waals surface area contributed by atoms with Crippen LogP contribution in [0.1, 0.15) is 106 Å². The van der Waals surface area contributed by atoms with Gasteiger partial charge in [0.2, 0.25) is 5.91 Å². The molecule has 2 unspecified atom stereocenters. The van der Waals surface area contributed by atoms with E-state index in [1.54, 1.807) is 0 Å². The molecule has 0 bridgehead atoms. The number of hydrogen-bond donors (Lipinski definition) is 3. The zero-order valence-electron chi connectivity index (χ0n) is 25.4. The molecule has 2 aromatic rings. The number of anilines is 1. The number of nitrogens with one attached hydrogen (secondary N) is 3. The largest absolute Gasteiger partial charge is 0.350 e. The molecule has 2 amide bonds. The van der Waals surface area contributed by atoms with Crippen molar-refractivity contribution in [1.29, 1.82) is 0 Å². The molecule has 1 heterocycles. The van der Waals surface area contributed by atoms with E-state index in [9.17, 15) is 9.59 Å². The van der Waals surface area contributed by atoms with E-state index >= 15 is 0 Å². The van der Waals surface area contributed by atoms with Crippen molar-refractivity contribution in [3.63, 3.8) is 0 Å². The van der Waals surface area contributed by atoms with Crippen molar-refractivity contribution >= 4 is 28.5 Å². The third kappa shape index (κ3) is 10.7. The van der Waals surface area contributed by atoms with Gasteiger partial charge in [-0.1, -0.05) is 72.6 Å². The first-order chi connectivity index (χ1) is 18.8. The van der Waals surface area contributed by atoms with Gasteiger partial charge in [0.25, 0.3) is 5.91 Å². The van der Waals surface area contributed by atoms with Crippen LogP contribution in [-0.4, -0.2) is 27.8 Å². The minimum Gasteiger partial charge on any atom is -0.350 e. The maximum atomic E-state index is 12.8. The van der Waals surface area contributed by atoms with Crippen LogP contribution in [0.3, 0.4) is 0 Å². The number of benzene rings is 1. The molecule has 1 aromatic carbocycles. The summed E-state index contributed by atoms with van der Waals surface area (Å²) in [6.45, 7) is 14.8. The van der Waals surface area contributed by atoms with Crippen molar-refractivity contribution in [2.24, 2.45) is 17.8 Å². The highest BCUT2D eigenvalue weighted by Crippen LogP contribution is 2.29. The summed E-state index contributed by atoms with van der Waals surface area (Å²) in [4.78, 5) is 33.6. The molecule has 0 saturated heterocycles. The topological polar surface area (TPSA) is 86.9 Å². The molecule has 2 atom stereocenters. The number of rotatable bonds is 12. The van der Waals surface area contributed by atoms with E-state index in [0.29, 0.717) is 17.9 Å². The molecule has 1 fully saturated rings. The molecule has 3 N–H and O–H groups in total. The predicted molar refractivity (Wildman–Crippen MR) is 165 cm³/mol. The monoisotopic (exact) mass is 536 g/mol. The van der Waals surface area contributed by atoms with Gasteiger partial charge in [-0.25, -0.2) is 4.98 Å². The first kappa shape index (κ1) is 32.3. The summed E-state index contributed by atoms with van der Waals surface area (Å²) in [7, 11) is 0. The van der Waals surface area contributed by atoms with Gasteiger partial charge < -0.3 is 15.6 Å². The second kappa shape index (κ2) is 16.9. The number of fused-ring (bicyclic) bond motifs is 1. The Balaban J connectivity index is 0.00000260. The smallest absolute Gasteiger partial charge is 0.251 e. The van der Waals surface area contributed by atoms with E-state index in [1.165, 1.54) is 12.8 Å². The number of hydrogen-bond acceptors (Lipinski definition) is 3. The quantitative estimate of drug-likeness (QED) is 0.189. The lowest BCUT2D eigenvalue weighted by molar-refractivity contribution is -0.121. The number of H-pyrrole nitrogens is 1. The Kier molecular flexibility index (Phi) is 14.0. The highest BCUT2D eigenvalue weighted by molar-refractivity contribution is 5.96. The first-order valence-electron chi connectivity index (χ1n) is 15.3. The Morgan fingerprint density at radius 2 is 1.85 bits per heavy atom. The molecule has 0 radical (unpaired) electrons. The molecule has 39 heavy (non-hydrogen) atoms. The van der Waals surface area contributed by atoms with E-state index in [1.807, 2.05) is 57.2 Å². The van der Waals surface area contributed by atoms with Crippen molar-refractivity contribution in [1.82, 2.24) is 15.3 Å². The van der Waals surface area contributed by atoms with Crippen LogP contribution in [0.2, 0.25) is 0 Å². The first-order valence-corrected chi connectivity index (χ1v) is 15.3. The Morgan fingerprint density at radius 3 is 2.51 bits per heavy atom. The van der Waals surface area contributed by atoms with Crippen LogP contribution in [0.15, 0.2) is 42.0 Å². The van der Waals surface area contributed by atoms with Crippen LogP contribution in [0.4, 0.5) is 5.69 Å². The van der Waals surface area contributed by atoms with E-state index in [4.69, 9.17) is 0 Å². The van der Waals surface area contributed by atoms with E-state index in [2.05, 4.69) is 48.3 Å². The minimum atomic E-state index is -0.0216. The van der Waals surface area contributed by atoms with Gasteiger partial charge in [0, 0.05) is 29.6 Å². The normalized spacial score (nSPS) is 19.3. The van der Waals surface area contributed by atoms with Crippen molar-refractivity contribution in [2.75, 3.05) is 5.32 Å². The SMILES string of the molecule is CC.CC/C=C(\C=C/Cc1nc2ccc(NC(=O)C3CCC(C)CC3)cc2[nH]1)C(=O)NC(C)CC(C)CCC. The standard InChI is InChI=1S/C31H46N4O2.C2H6/c1-6-9-22(4)19-23(5)32-30(36)24(10-7-2)11-8-12-29-34-27-18-17-26(20-28(27)35-29)33-31(37)25-15-13-21(3)14-16-25;1-2/h8,10-11,17-18,20-23,25H,6-7,9,12-16,19H2,1-5H3,(H,32,36)(H,33,37)(H,34,35);1-2H3/b11-8-,24-10+;. The van der Waals surface area contributed by atoms with Crippen molar-refractivity contribution in [2.45, 2.75) is 112 Å². The van der Waals surface area contributed by atoms with Gasteiger partial charge in [-0.05, 0) is 75.5 Å². The Hall–Kier alpha value is -2.89. The molecular formula is C33H52N4O2. The fourth-order valence-electron chi connectivity index (χ4n) is 5.34. The summed E-state index contributed by atoms with van der Waals surface area (Å²) < 4.78 is 0. The lowest BCUT2D eigenvalue weighted by atomic mass is 9.82. The molecule has 6 nitrogen and oxygen atoms in total. The van der Waals surface area contributed by atoms with Gasteiger partial charge in [0.15, 0.2) is 0 Å². The minimum absolute atomic E-state index is 0.0216. The number of nitrogens with zero attached hydrogens (tertiary/aromatic N) is 1. The van der Waals surface area contributed by atoms with Crippen LogP contribution in [-0.2, 0) is 16.0 Å². The van der Waals surface area contributed by atoms with Crippen molar-refractivity contribution < 1.29 is 9.59 Å². The Morgan fingerprint density at radius 1 is 1.13 bits per heavy atom. The van der Waals surface area contributed by atoms with Crippen LogP contribution in [0, 0.1) is 17.8 Å². The summed E-state index contributed by atoms with van der Waals surface area (Å²) >= 11 is 0. The van der Waals surface area contributed by atoms with Gasteiger partial charge in [0.05, 0.1) is 11.0 Å². The van der Waals surface area contributed by atoms with Crippen LogP contribution in [0.25, 0.3) is 11.0 Å². The molecule has 216 valence electrons. The summed E-state index contributed by atoms with van der Waals surface area (Å²) in [6.07, 6.45) is 14.8. The van der Waals surface area contributed by atoms with Gasteiger partial charge in [-0.2, -0.15) is 0 Å². The number of carbonyl (C=O) groups is 2. The Labute approximate surface area is 236 Å². The number of aromatic amines is 1. The highest BCUT2D eigenvalue weighted by Gasteiger charge is 2.24. The maximum Gasteiger partial charge on any atom is 0.251 e. The van der Waals surface area contributed by atoms with Crippen molar-refractivity contribution in [3.05, 3.63) is 47.8 Å². The van der Waals surface area contributed by atoms with E-state index in [-0.39, 0.29) is 23.8 Å². The van der Waals surface area contributed by atoms with E-state index < -0.39 is 0 Å². The number of aromatic nitrogens is 2. The third-order valence-corrected chi connectivity index (χ3v) is 7.39. The molecule has 1 aromatic heterocycles. The molecular weight excluding hydrogens is 484 g/mol. The molecule has 0 aliphatic heterocycles. The lowest BCUT2D eigenvalue weighted by Gasteiger charge is -2.25. The lowest BCUT2D eigenvalue weighted by Crippen LogP contribution is -2.34. The molecule has 1 saturated carbocycles. The fourth-order valence-corrected chi connectivity index (χ4v) is 5.34. The fraction of sp³-hybridized carbons (Fsp3) is 0.606. The zero-order chi connectivity index (χ0) is 28.8. The van der Waals surface area contributed by atoms with Gasteiger partial charge >= 0.3 is 0 Å². The second-order valence-electron chi connectivity index (χ2n) is 11.0. The molecule has 6 heteroatoms. The second-order valence-corrected chi connectivity index (χ2v) is 11.0. The number of allylic oxidation sites excluding steroid dienone is 2. The van der Waals surface area contributed by atoms with Crippen LogP contribution in [0.5, 0.6) is 0 Å². The van der Waals surface area contributed by atoms with Gasteiger partial charge in [0.1, 0.15) is 5.82 Å². The van der Waals surface area contributed by atoms with Crippen molar-refractivity contribution in [3.8, 4) is 0 Å². The zero-order valence-corrected chi connectivity index (χ0v) is 25.4. The summed E-state index contributed by atoms with van der Waals surface area (Å²) in [5.41, 5.74) is 3.25. The third-order valence-electron chi connectivity index (χ3n) is 7.39. The number of amides is 2. The van der Waals surface area contributed by atoms with Gasteiger partial charge in [-0.3, -0.25) is 9.59 Å². The number of imidazole rings is 1. The molecule has 0 spiro atoms.